The maximum atomic E-state index is 6.53. The predicted octanol–water partition coefficient (Wildman–Crippen LogP) is 4.14. The molecular weight excluding hydrogens is 234 g/mol. The molecule has 0 bridgehead atoms. The molecule has 2 rings (SSSR count). The fourth-order valence-electron chi connectivity index (χ4n) is 3.41. The highest BCUT2D eigenvalue weighted by Gasteiger charge is 2.39. The van der Waals surface area contributed by atoms with Crippen LogP contribution in [0.2, 0.25) is 0 Å². The van der Waals surface area contributed by atoms with Crippen LogP contribution in [0.15, 0.2) is 0 Å². The zero-order chi connectivity index (χ0) is 13.7. The Morgan fingerprint density at radius 3 is 2.37 bits per heavy atom. The molecule has 2 saturated carbocycles. The minimum atomic E-state index is 0.245. The van der Waals surface area contributed by atoms with Crippen LogP contribution in [0.4, 0.5) is 0 Å². The molecule has 0 heterocycles. The third-order valence-electron chi connectivity index (χ3n) is 4.95. The molecule has 2 aliphatic carbocycles. The molecule has 0 aliphatic heterocycles. The van der Waals surface area contributed by atoms with Crippen LogP contribution in [-0.4, -0.2) is 24.8 Å². The molecule has 2 aliphatic rings. The molecule has 0 aromatic heterocycles. The van der Waals surface area contributed by atoms with E-state index in [9.17, 15) is 0 Å². The lowest BCUT2D eigenvalue weighted by molar-refractivity contribution is -0.153. The molecule has 0 aromatic carbocycles. The van der Waals surface area contributed by atoms with Gasteiger partial charge in [0.1, 0.15) is 0 Å². The van der Waals surface area contributed by atoms with Crippen LogP contribution in [0.3, 0.4) is 0 Å². The molecule has 0 radical (unpaired) electrons. The van der Waals surface area contributed by atoms with Crippen molar-refractivity contribution < 1.29 is 4.74 Å². The average Bonchev–Trinajstić information content (AvgIpc) is 2.33. The van der Waals surface area contributed by atoms with E-state index >= 15 is 0 Å². The Hall–Kier alpha value is -0.0800. The molecule has 0 spiro atoms. The lowest BCUT2D eigenvalue weighted by Crippen LogP contribution is -2.46. The molecule has 2 heteroatoms. The fraction of sp³-hybridized carbons (Fsp3) is 1.00. The van der Waals surface area contributed by atoms with Crippen molar-refractivity contribution in [1.82, 2.24) is 5.32 Å². The molecule has 1 N–H and O–H groups in total. The third-order valence-corrected chi connectivity index (χ3v) is 4.95. The van der Waals surface area contributed by atoms with Gasteiger partial charge in [0.15, 0.2) is 0 Å². The molecule has 2 fully saturated rings. The summed E-state index contributed by atoms with van der Waals surface area (Å²) in [6.45, 7) is 9.18. The predicted molar refractivity (Wildman–Crippen MR) is 81.4 cm³/mol. The Kier molecular flexibility index (Phi) is 5.70. The number of nitrogens with one attached hydrogen (secondary N) is 1. The van der Waals surface area contributed by atoms with Gasteiger partial charge in [-0.15, -0.1) is 0 Å². The van der Waals surface area contributed by atoms with Crippen LogP contribution >= 0.6 is 0 Å². The molecule has 0 saturated heterocycles. The summed E-state index contributed by atoms with van der Waals surface area (Å²) in [5, 5.41) is 3.57. The smallest absolute Gasteiger partial charge is 0.0698 e. The summed E-state index contributed by atoms with van der Waals surface area (Å²) >= 11 is 0. The number of rotatable bonds is 7. The molecule has 0 unspecified atom stereocenters. The molecule has 0 aromatic rings. The largest absolute Gasteiger partial charge is 0.372 e. The lowest BCUT2D eigenvalue weighted by Gasteiger charge is -2.45. The van der Waals surface area contributed by atoms with Crippen molar-refractivity contribution in [2.24, 2.45) is 11.8 Å². The van der Waals surface area contributed by atoms with Gasteiger partial charge in [0.05, 0.1) is 11.7 Å². The maximum Gasteiger partial charge on any atom is 0.0698 e. The van der Waals surface area contributed by atoms with Crippen molar-refractivity contribution in [2.45, 2.75) is 83.8 Å². The monoisotopic (exact) mass is 267 g/mol. The first kappa shape index (κ1) is 15.3. The molecule has 2 nitrogen and oxygen atoms in total. The van der Waals surface area contributed by atoms with Crippen LogP contribution < -0.4 is 5.32 Å². The van der Waals surface area contributed by atoms with Gasteiger partial charge in [-0.25, -0.2) is 0 Å². The molecule has 112 valence electrons. The van der Waals surface area contributed by atoms with E-state index in [2.05, 4.69) is 26.1 Å². The van der Waals surface area contributed by atoms with Crippen molar-refractivity contribution in [3.8, 4) is 0 Å². The van der Waals surface area contributed by atoms with Crippen LogP contribution in [0.5, 0.6) is 0 Å². The molecule has 19 heavy (non-hydrogen) atoms. The Labute approximate surface area is 119 Å². The van der Waals surface area contributed by atoms with Gasteiger partial charge in [0.25, 0.3) is 0 Å². The Bertz CT molecular complexity index is 252. The molecule has 0 amide bonds. The van der Waals surface area contributed by atoms with E-state index in [1.54, 1.807) is 0 Å². The zero-order valence-electron chi connectivity index (χ0n) is 13.2. The summed E-state index contributed by atoms with van der Waals surface area (Å²) in [7, 11) is 0. The minimum Gasteiger partial charge on any atom is -0.372 e. The van der Waals surface area contributed by atoms with E-state index in [0.29, 0.717) is 6.10 Å². The fourth-order valence-corrected chi connectivity index (χ4v) is 3.41. The third kappa shape index (κ3) is 4.75. The van der Waals surface area contributed by atoms with Gasteiger partial charge in [0, 0.05) is 0 Å². The number of ether oxygens (including phenoxy) is 1. The quantitative estimate of drug-likeness (QED) is 0.700. The summed E-state index contributed by atoms with van der Waals surface area (Å²) in [6.07, 6.45) is 11.1. The van der Waals surface area contributed by atoms with E-state index in [-0.39, 0.29) is 5.60 Å². The highest BCUT2D eigenvalue weighted by molar-refractivity contribution is 4.92. The van der Waals surface area contributed by atoms with Gasteiger partial charge in [-0.3, -0.25) is 0 Å². The summed E-state index contributed by atoms with van der Waals surface area (Å²) in [5.41, 5.74) is 0.245. The zero-order valence-corrected chi connectivity index (χ0v) is 13.2. The van der Waals surface area contributed by atoms with Crippen molar-refractivity contribution in [2.75, 3.05) is 13.1 Å². The first-order chi connectivity index (χ1) is 9.10. The number of hydrogen-bond acceptors (Lipinski definition) is 2. The maximum absolute atomic E-state index is 6.53. The SMILES string of the molecule is CC(C)CNCCC1(OC2CCC(C)CC2)CCC1. The second-order valence-electron chi connectivity index (χ2n) is 7.38. The van der Waals surface area contributed by atoms with Crippen LogP contribution in [-0.2, 0) is 4.74 Å². The van der Waals surface area contributed by atoms with Crippen molar-refractivity contribution >= 4 is 0 Å². The van der Waals surface area contributed by atoms with E-state index < -0.39 is 0 Å². The first-order valence-corrected chi connectivity index (χ1v) is 8.48. The summed E-state index contributed by atoms with van der Waals surface area (Å²) in [4.78, 5) is 0. The van der Waals surface area contributed by atoms with E-state index in [4.69, 9.17) is 4.74 Å². The summed E-state index contributed by atoms with van der Waals surface area (Å²) in [5.74, 6) is 1.67. The Morgan fingerprint density at radius 1 is 1.16 bits per heavy atom. The standard InChI is InChI=1S/C17H33NO/c1-14(2)13-18-12-11-17(9-4-10-17)19-16-7-5-15(3)6-8-16/h14-16,18H,4-13H2,1-3H3. The Morgan fingerprint density at radius 2 is 1.84 bits per heavy atom. The highest BCUT2D eigenvalue weighted by Crippen LogP contribution is 2.41. The summed E-state index contributed by atoms with van der Waals surface area (Å²) < 4.78 is 6.53. The van der Waals surface area contributed by atoms with Gasteiger partial charge in [-0.1, -0.05) is 20.8 Å². The van der Waals surface area contributed by atoms with Gasteiger partial charge in [-0.05, 0) is 76.3 Å². The number of hydrogen-bond donors (Lipinski definition) is 1. The average molecular weight is 267 g/mol. The van der Waals surface area contributed by atoms with Crippen LogP contribution in [0, 0.1) is 11.8 Å². The highest BCUT2D eigenvalue weighted by atomic mass is 16.5. The van der Waals surface area contributed by atoms with Gasteiger partial charge >= 0.3 is 0 Å². The first-order valence-electron chi connectivity index (χ1n) is 8.48. The molecule has 0 atom stereocenters. The van der Waals surface area contributed by atoms with E-state index in [1.807, 2.05) is 0 Å². The minimum absolute atomic E-state index is 0.245. The second-order valence-corrected chi connectivity index (χ2v) is 7.38. The van der Waals surface area contributed by atoms with E-state index in [0.717, 1.165) is 24.9 Å². The normalized spacial score (nSPS) is 30.3. The van der Waals surface area contributed by atoms with Crippen molar-refractivity contribution in [3.05, 3.63) is 0 Å². The van der Waals surface area contributed by atoms with Crippen molar-refractivity contribution in [3.63, 3.8) is 0 Å². The van der Waals surface area contributed by atoms with Crippen LogP contribution in [0.1, 0.15) is 72.1 Å². The van der Waals surface area contributed by atoms with Gasteiger partial charge in [-0.2, -0.15) is 0 Å². The Balaban J connectivity index is 1.69. The van der Waals surface area contributed by atoms with E-state index in [1.165, 1.54) is 51.4 Å². The van der Waals surface area contributed by atoms with Crippen LogP contribution in [0.25, 0.3) is 0 Å². The topological polar surface area (TPSA) is 21.3 Å². The van der Waals surface area contributed by atoms with Gasteiger partial charge < -0.3 is 10.1 Å². The van der Waals surface area contributed by atoms with Crippen molar-refractivity contribution in [1.29, 1.82) is 0 Å². The van der Waals surface area contributed by atoms with Gasteiger partial charge in [0.2, 0.25) is 0 Å². The second kappa shape index (κ2) is 7.08. The lowest BCUT2D eigenvalue weighted by atomic mass is 9.76. The molecular formula is C17H33NO. The summed E-state index contributed by atoms with van der Waals surface area (Å²) in [6, 6.07) is 0.